The summed E-state index contributed by atoms with van der Waals surface area (Å²) in [6.07, 6.45) is 5.58. The van der Waals surface area contributed by atoms with Crippen LogP contribution in [0, 0.1) is 5.92 Å². The average molecular weight is 373 g/mol. The third-order valence-corrected chi connectivity index (χ3v) is 5.74. The van der Waals surface area contributed by atoms with Crippen molar-refractivity contribution in [1.82, 2.24) is 4.98 Å². The van der Waals surface area contributed by atoms with E-state index in [4.69, 9.17) is 9.47 Å². The van der Waals surface area contributed by atoms with Crippen molar-refractivity contribution in [3.8, 4) is 11.5 Å². The van der Waals surface area contributed by atoms with Crippen molar-refractivity contribution in [2.24, 2.45) is 5.92 Å². The van der Waals surface area contributed by atoms with Crippen LogP contribution in [-0.2, 0) is 4.79 Å². The highest BCUT2D eigenvalue weighted by atomic mass is 32.1. The number of nitrogens with zero attached hydrogens (tertiary/aromatic N) is 2. The number of carbonyl (C=O) groups is 1. The van der Waals surface area contributed by atoms with Crippen molar-refractivity contribution < 1.29 is 14.3 Å². The van der Waals surface area contributed by atoms with Gasteiger partial charge < -0.3 is 19.7 Å². The summed E-state index contributed by atoms with van der Waals surface area (Å²) in [4.78, 5) is 19.0. The number of hydrogen-bond acceptors (Lipinski definition) is 6. The summed E-state index contributed by atoms with van der Waals surface area (Å²) in [5.74, 6) is 2.10. The zero-order chi connectivity index (χ0) is 17.8. The molecule has 0 saturated carbocycles. The lowest BCUT2D eigenvalue weighted by atomic mass is 9.92. The number of hydrogen-bond donors (Lipinski definition) is 1. The van der Waals surface area contributed by atoms with E-state index < -0.39 is 0 Å². The molecule has 138 valence electrons. The molecule has 1 amide bonds. The molecule has 1 aromatic heterocycles. The van der Waals surface area contributed by atoms with Crippen LogP contribution in [0.15, 0.2) is 29.8 Å². The first-order valence-corrected chi connectivity index (χ1v) is 10.00. The first kappa shape index (κ1) is 17.1. The van der Waals surface area contributed by atoms with Crippen molar-refractivity contribution in [3.63, 3.8) is 0 Å². The van der Waals surface area contributed by atoms with E-state index in [0.29, 0.717) is 31.3 Å². The molecular formula is C19H23N3O3S. The maximum atomic E-state index is 12.3. The average Bonchev–Trinajstić information content (AvgIpc) is 3.21. The Morgan fingerprint density at radius 1 is 1.23 bits per heavy atom. The van der Waals surface area contributed by atoms with Crippen LogP contribution in [0.5, 0.6) is 11.5 Å². The Morgan fingerprint density at radius 3 is 2.81 bits per heavy atom. The predicted octanol–water partition coefficient (Wildman–Crippen LogP) is 3.55. The van der Waals surface area contributed by atoms with Gasteiger partial charge in [-0.2, -0.15) is 0 Å². The van der Waals surface area contributed by atoms with Crippen molar-refractivity contribution in [3.05, 3.63) is 29.8 Å². The maximum absolute atomic E-state index is 12.3. The van der Waals surface area contributed by atoms with Crippen LogP contribution >= 0.6 is 11.3 Å². The lowest BCUT2D eigenvalue weighted by Crippen LogP contribution is -2.33. The van der Waals surface area contributed by atoms with Crippen molar-refractivity contribution in [2.75, 3.05) is 36.5 Å². The minimum Gasteiger partial charge on any atom is -0.486 e. The summed E-state index contributed by atoms with van der Waals surface area (Å²) in [5.41, 5.74) is 0.762. The highest BCUT2D eigenvalue weighted by molar-refractivity contribution is 7.13. The molecule has 1 fully saturated rings. The topological polar surface area (TPSA) is 63.7 Å². The van der Waals surface area contributed by atoms with E-state index >= 15 is 0 Å². The first-order chi connectivity index (χ1) is 12.8. The number of aromatic nitrogens is 1. The van der Waals surface area contributed by atoms with Gasteiger partial charge in [-0.05, 0) is 37.3 Å². The fourth-order valence-corrected chi connectivity index (χ4v) is 4.16. The molecule has 0 atom stereocenters. The Balaban J connectivity index is 1.22. The summed E-state index contributed by atoms with van der Waals surface area (Å²) in [7, 11) is 0. The molecule has 2 aliphatic heterocycles. The van der Waals surface area contributed by atoms with Crippen LogP contribution in [0.3, 0.4) is 0 Å². The van der Waals surface area contributed by atoms with Crippen LogP contribution < -0.4 is 19.7 Å². The summed E-state index contributed by atoms with van der Waals surface area (Å²) in [5, 5.41) is 6.10. The Labute approximate surface area is 157 Å². The van der Waals surface area contributed by atoms with E-state index in [-0.39, 0.29) is 5.91 Å². The molecule has 6 nitrogen and oxygen atoms in total. The summed E-state index contributed by atoms with van der Waals surface area (Å²) < 4.78 is 11.1. The van der Waals surface area contributed by atoms with Gasteiger partial charge in [0.25, 0.3) is 0 Å². The molecule has 0 spiro atoms. The largest absolute Gasteiger partial charge is 0.486 e. The Bertz CT molecular complexity index is 742. The predicted molar refractivity (Wildman–Crippen MR) is 102 cm³/mol. The lowest BCUT2D eigenvalue weighted by Gasteiger charge is -2.31. The molecule has 7 heteroatoms. The van der Waals surface area contributed by atoms with E-state index in [0.717, 1.165) is 48.9 Å². The van der Waals surface area contributed by atoms with Gasteiger partial charge in [0.1, 0.15) is 13.2 Å². The smallest absolute Gasteiger partial charge is 0.224 e. The highest BCUT2D eigenvalue weighted by Gasteiger charge is 2.21. The second-order valence-corrected chi connectivity index (χ2v) is 7.56. The quantitative estimate of drug-likeness (QED) is 0.868. The molecule has 1 saturated heterocycles. The van der Waals surface area contributed by atoms with Crippen molar-refractivity contribution in [1.29, 1.82) is 0 Å². The summed E-state index contributed by atoms with van der Waals surface area (Å²) in [6.45, 7) is 3.17. The fraction of sp³-hybridized carbons (Fsp3) is 0.474. The molecule has 3 heterocycles. The molecule has 0 aliphatic carbocycles. The highest BCUT2D eigenvalue weighted by Crippen LogP contribution is 2.33. The molecule has 0 bridgehead atoms. The van der Waals surface area contributed by atoms with E-state index in [1.807, 2.05) is 29.8 Å². The number of rotatable bonds is 5. The third-order valence-electron chi connectivity index (χ3n) is 4.91. The van der Waals surface area contributed by atoms with Gasteiger partial charge in [-0.3, -0.25) is 4.79 Å². The zero-order valence-corrected chi connectivity index (χ0v) is 15.5. The van der Waals surface area contributed by atoms with E-state index in [9.17, 15) is 4.79 Å². The van der Waals surface area contributed by atoms with Crippen LogP contribution in [0.4, 0.5) is 10.8 Å². The molecule has 26 heavy (non-hydrogen) atoms. The van der Waals surface area contributed by atoms with Gasteiger partial charge in [-0.25, -0.2) is 4.98 Å². The van der Waals surface area contributed by atoms with Crippen LogP contribution in [0.25, 0.3) is 0 Å². The molecule has 4 rings (SSSR count). The number of amides is 1. The molecule has 2 aliphatic rings. The molecule has 2 aromatic rings. The van der Waals surface area contributed by atoms with Crippen LogP contribution in [0.1, 0.15) is 25.7 Å². The number of benzene rings is 1. The van der Waals surface area contributed by atoms with Crippen molar-refractivity contribution in [2.45, 2.75) is 25.7 Å². The minimum atomic E-state index is 0.0593. The normalized spacial score (nSPS) is 17.2. The van der Waals surface area contributed by atoms with E-state index in [1.165, 1.54) is 0 Å². The van der Waals surface area contributed by atoms with Gasteiger partial charge in [0.15, 0.2) is 16.6 Å². The van der Waals surface area contributed by atoms with Gasteiger partial charge in [0, 0.05) is 42.8 Å². The monoisotopic (exact) mass is 373 g/mol. The Hall–Kier alpha value is -2.28. The Morgan fingerprint density at radius 2 is 2.04 bits per heavy atom. The molecule has 1 N–H and O–H groups in total. The van der Waals surface area contributed by atoms with Gasteiger partial charge in [-0.1, -0.05) is 0 Å². The third kappa shape index (κ3) is 4.09. The van der Waals surface area contributed by atoms with Gasteiger partial charge in [0.05, 0.1) is 0 Å². The molecule has 0 unspecified atom stereocenters. The maximum Gasteiger partial charge on any atom is 0.224 e. The van der Waals surface area contributed by atoms with E-state index in [1.54, 1.807) is 11.3 Å². The summed E-state index contributed by atoms with van der Waals surface area (Å²) >= 11 is 1.69. The minimum absolute atomic E-state index is 0.0593. The van der Waals surface area contributed by atoms with Crippen molar-refractivity contribution >= 4 is 28.1 Å². The standard InChI is InChI=1S/C19H23N3O3S/c23-18(21-15-2-3-16-17(13-15)25-11-10-24-16)4-1-14-5-8-22(9-6-14)19-20-7-12-26-19/h2-3,7,12-14H,1,4-6,8-11H2,(H,21,23). The van der Waals surface area contributed by atoms with Gasteiger partial charge in [-0.15, -0.1) is 11.3 Å². The zero-order valence-electron chi connectivity index (χ0n) is 14.6. The fourth-order valence-electron chi connectivity index (χ4n) is 3.46. The second-order valence-electron chi connectivity index (χ2n) is 6.69. The molecule has 0 radical (unpaired) electrons. The lowest BCUT2D eigenvalue weighted by molar-refractivity contribution is -0.116. The van der Waals surface area contributed by atoms with Gasteiger partial charge in [0.2, 0.25) is 5.91 Å². The second kappa shape index (κ2) is 7.95. The van der Waals surface area contributed by atoms with Gasteiger partial charge >= 0.3 is 0 Å². The van der Waals surface area contributed by atoms with Crippen LogP contribution in [-0.4, -0.2) is 37.2 Å². The van der Waals surface area contributed by atoms with E-state index in [2.05, 4.69) is 15.2 Å². The number of anilines is 2. The van der Waals surface area contributed by atoms with Crippen LogP contribution in [0.2, 0.25) is 0 Å². The number of fused-ring (bicyclic) bond motifs is 1. The molecular weight excluding hydrogens is 350 g/mol. The first-order valence-electron chi connectivity index (χ1n) is 9.12. The SMILES string of the molecule is O=C(CCC1CCN(c2nccs2)CC1)Nc1ccc2c(c1)OCCO2. The number of carbonyl (C=O) groups excluding carboxylic acids is 1. The number of piperidine rings is 1. The summed E-state index contributed by atoms with van der Waals surface area (Å²) in [6, 6.07) is 5.54. The number of thiazole rings is 1. The number of nitrogens with one attached hydrogen (secondary N) is 1. The Kier molecular flexibility index (Phi) is 5.24. The molecule has 1 aromatic carbocycles. The number of ether oxygens (including phenoxy) is 2.